The Labute approximate surface area is 116 Å². The molecule has 0 heterocycles. The predicted molar refractivity (Wildman–Crippen MR) is 66.5 cm³/mol. The molecule has 0 aliphatic rings. The van der Waals surface area contributed by atoms with Crippen molar-refractivity contribution in [1.29, 1.82) is 0 Å². The maximum Gasteiger partial charge on any atom is 0.339 e. The molecule has 0 aliphatic heterocycles. The molecule has 0 radical (unpaired) electrons. The number of benzene rings is 2. The molecule has 0 atom stereocenters. The van der Waals surface area contributed by atoms with Crippen LogP contribution in [0.1, 0.15) is 10.4 Å². The molecule has 21 heavy (non-hydrogen) atoms. The monoisotopic (exact) mass is 295 g/mol. The Balaban J connectivity index is 2.48. The highest BCUT2D eigenvalue weighted by Gasteiger charge is 2.20. The molecule has 0 amide bonds. The molecule has 6 nitrogen and oxygen atoms in total. The third kappa shape index (κ3) is 3.11. The minimum Gasteiger partial charge on any atom is -0.478 e. The number of halogens is 2. The van der Waals surface area contributed by atoms with Gasteiger partial charge in [0.2, 0.25) is 5.75 Å². The molecule has 0 saturated heterocycles. The molecule has 8 heteroatoms. The third-order valence-corrected chi connectivity index (χ3v) is 2.51. The van der Waals surface area contributed by atoms with Gasteiger partial charge in [-0.2, -0.15) is 0 Å². The van der Waals surface area contributed by atoms with Crippen molar-refractivity contribution in [3.63, 3.8) is 0 Å². The zero-order chi connectivity index (χ0) is 15.6. The van der Waals surface area contributed by atoms with Crippen LogP contribution < -0.4 is 4.74 Å². The Morgan fingerprint density at radius 3 is 2.24 bits per heavy atom. The Morgan fingerprint density at radius 1 is 1.10 bits per heavy atom. The first-order valence-electron chi connectivity index (χ1n) is 5.53. The number of aromatic carboxylic acids is 1. The van der Waals surface area contributed by atoms with Crippen molar-refractivity contribution in [3.8, 4) is 11.5 Å². The van der Waals surface area contributed by atoms with E-state index in [1.54, 1.807) is 0 Å². The molecule has 2 aromatic rings. The highest BCUT2D eigenvalue weighted by atomic mass is 19.1. The number of carboxylic acids is 1. The van der Waals surface area contributed by atoms with E-state index in [1.807, 2.05) is 0 Å². The summed E-state index contributed by atoms with van der Waals surface area (Å²) in [5.41, 5.74) is -1.18. The van der Waals surface area contributed by atoms with Gasteiger partial charge >= 0.3 is 11.7 Å². The summed E-state index contributed by atoms with van der Waals surface area (Å²) in [5.74, 6) is -3.75. The van der Waals surface area contributed by atoms with Crippen LogP contribution >= 0.6 is 0 Å². The van der Waals surface area contributed by atoms with Gasteiger partial charge in [-0.25, -0.2) is 13.6 Å². The summed E-state index contributed by atoms with van der Waals surface area (Å²) in [6.07, 6.45) is 0. The molecule has 2 rings (SSSR count). The summed E-state index contributed by atoms with van der Waals surface area (Å²) >= 11 is 0. The first-order valence-corrected chi connectivity index (χ1v) is 5.53. The van der Waals surface area contributed by atoms with Crippen LogP contribution in [0.3, 0.4) is 0 Å². The molecule has 2 aromatic carbocycles. The lowest BCUT2D eigenvalue weighted by Crippen LogP contribution is -2.02. The summed E-state index contributed by atoms with van der Waals surface area (Å²) in [6, 6.07) is 5.23. The van der Waals surface area contributed by atoms with E-state index in [-0.39, 0.29) is 11.5 Å². The average molecular weight is 295 g/mol. The molecular weight excluding hydrogens is 288 g/mol. The van der Waals surface area contributed by atoms with E-state index in [4.69, 9.17) is 9.84 Å². The minimum atomic E-state index is -1.46. The van der Waals surface area contributed by atoms with Crippen molar-refractivity contribution in [2.45, 2.75) is 0 Å². The second-order valence-corrected chi connectivity index (χ2v) is 3.92. The molecule has 108 valence electrons. The van der Waals surface area contributed by atoms with Crippen molar-refractivity contribution < 1.29 is 28.3 Å². The first kappa shape index (κ1) is 14.4. The van der Waals surface area contributed by atoms with Gasteiger partial charge in [-0.15, -0.1) is 0 Å². The smallest absolute Gasteiger partial charge is 0.339 e. The van der Waals surface area contributed by atoms with Crippen molar-refractivity contribution in [3.05, 3.63) is 63.7 Å². The highest BCUT2D eigenvalue weighted by molar-refractivity contribution is 5.91. The summed E-state index contributed by atoms with van der Waals surface area (Å²) in [4.78, 5) is 20.9. The first-order chi connectivity index (χ1) is 9.88. The Hall–Kier alpha value is -3.03. The molecule has 0 unspecified atom stereocenters. The van der Waals surface area contributed by atoms with Crippen molar-refractivity contribution in [1.82, 2.24) is 0 Å². The molecule has 0 spiro atoms. The van der Waals surface area contributed by atoms with Crippen LogP contribution in [-0.4, -0.2) is 16.0 Å². The number of hydrogen-bond donors (Lipinski definition) is 1. The van der Waals surface area contributed by atoms with Crippen LogP contribution in [-0.2, 0) is 0 Å². The van der Waals surface area contributed by atoms with Gasteiger partial charge in [-0.1, -0.05) is 0 Å². The minimum absolute atomic E-state index is 0.293. The fourth-order valence-corrected chi connectivity index (χ4v) is 1.60. The van der Waals surface area contributed by atoms with Gasteiger partial charge in [0.25, 0.3) is 0 Å². The summed E-state index contributed by atoms with van der Waals surface area (Å²) in [5, 5.41) is 19.8. The van der Waals surface area contributed by atoms with E-state index in [0.29, 0.717) is 12.1 Å². The van der Waals surface area contributed by atoms with Crippen LogP contribution in [0.15, 0.2) is 36.4 Å². The van der Waals surface area contributed by atoms with Crippen molar-refractivity contribution in [2.24, 2.45) is 0 Å². The Morgan fingerprint density at radius 2 is 1.67 bits per heavy atom. The largest absolute Gasteiger partial charge is 0.478 e. The van der Waals surface area contributed by atoms with E-state index in [9.17, 15) is 23.7 Å². The normalized spacial score (nSPS) is 10.2. The zero-order valence-corrected chi connectivity index (χ0v) is 10.2. The summed E-state index contributed by atoms with van der Waals surface area (Å²) < 4.78 is 31.2. The fraction of sp³-hybridized carbons (Fsp3) is 0. The molecular formula is C13H7F2NO5. The fourth-order valence-electron chi connectivity index (χ4n) is 1.60. The molecule has 0 fully saturated rings. The predicted octanol–water partition coefficient (Wildman–Crippen LogP) is 3.36. The van der Waals surface area contributed by atoms with Crippen LogP contribution in [0.2, 0.25) is 0 Å². The van der Waals surface area contributed by atoms with E-state index in [1.165, 1.54) is 0 Å². The zero-order valence-electron chi connectivity index (χ0n) is 10.2. The van der Waals surface area contributed by atoms with Crippen LogP contribution in [0.4, 0.5) is 14.5 Å². The topological polar surface area (TPSA) is 89.7 Å². The van der Waals surface area contributed by atoms with Gasteiger partial charge in [0.15, 0.2) is 0 Å². The average Bonchev–Trinajstić information content (AvgIpc) is 2.42. The lowest BCUT2D eigenvalue weighted by Gasteiger charge is -2.09. The second-order valence-electron chi connectivity index (χ2n) is 3.92. The SMILES string of the molecule is O=C(O)c1cc(F)ccc1Oc1ccc(F)cc1[N+](=O)[O-]. The summed E-state index contributed by atoms with van der Waals surface area (Å²) in [6.45, 7) is 0. The maximum absolute atomic E-state index is 13.0. The van der Waals surface area contributed by atoms with Crippen LogP contribution in [0.5, 0.6) is 11.5 Å². The van der Waals surface area contributed by atoms with Crippen LogP contribution in [0.25, 0.3) is 0 Å². The van der Waals surface area contributed by atoms with Gasteiger partial charge in [0.05, 0.1) is 11.0 Å². The number of rotatable bonds is 4. The lowest BCUT2D eigenvalue weighted by atomic mass is 10.2. The molecule has 1 N–H and O–H groups in total. The van der Waals surface area contributed by atoms with Gasteiger partial charge in [0, 0.05) is 0 Å². The third-order valence-electron chi connectivity index (χ3n) is 2.51. The standard InChI is InChI=1S/C13H7F2NO5/c14-7-1-3-11(9(5-7)13(17)18)21-12-4-2-8(15)6-10(12)16(19)20/h1-6H,(H,17,18). The number of carbonyl (C=O) groups is 1. The Bertz CT molecular complexity index is 671. The maximum atomic E-state index is 13.0. The number of nitro benzene ring substituents is 1. The van der Waals surface area contributed by atoms with Gasteiger partial charge < -0.3 is 9.84 Å². The number of nitrogens with zero attached hydrogens (tertiary/aromatic N) is 1. The number of ether oxygens (including phenoxy) is 1. The molecule has 0 aromatic heterocycles. The van der Waals surface area contributed by atoms with E-state index in [0.717, 1.165) is 24.3 Å². The quantitative estimate of drug-likeness (QED) is 0.690. The van der Waals surface area contributed by atoms with Gasteiger partial charge in [0.1, 0.15) is 22.9 Å². The Kier molecular flexibility index (Phi) is 3.79. The molecule has 0 aliphatic carbocycles. The van der Waals surface area contributed by atoms with E-state index >= 15 is 0 Å². The molecule has 0 saturated carbocycles. The summed E-state index contributed by atoms with van der Waals surface area (Å²) in [7, 11) is 0. The van der Waals surface area contributed by atoms with Crippen molar-refractivity contribution in [2.75, 3.05) is 0 Å². The highest BCUT2D eigenvalue weighted by Crippen LogP contribution is 2.33. The number of hydrogen-bond acceptors (Lipinski definition) is 4. The lowest BCUT2D eigenvalue weighted by molar-refractivity contribution is -0.385. The van der Waals surface area contributed by atoms with E-state index in [2.05, 4.69) is 0 Å². The van der Waals surface area contributed by atoms with Crippen molar-refractivity contribution >= 4 is 11.7 Å². The number of carboxylic acid groups (broad SMARTS) is 1. The van der Waals surface area contributed by atoms with E-state index < -0.39 is 33.8 Å². The van der Waals surface area contributed by atoms with Gasteiger partial charge in [-0.05, 0) is 30.3 Å². The second kappa shape index (κ2) is 5.53. The number of nitro groups is 1. The van der Waals surface area contributed by atoms with Crippen LogP contribution in [0, 0.1) is 21.7 Å². The molecule has 0 bridgehead atoms. The van der Waals surface area contributed by atoms with Gasteiger partial charge in [-0.3, -0.25) is 10.1 Å².